The maximum atomic E-state index is 12.8. The second kappa shape index (κ2) is 32.1. The number of allylic oxidation sites excluding steroid dienone is 2. The fourth-order valence-electron chi connectivity index (χ4n) is 6.24. The van der Waals surface area contributed by atoms with Gasteiger partial charge in [-0.15, -0.1) is 0 Å². The molecule has 52 heavy (non-hydrogen) atoms. The zero-order chi connectivity index (χ0) is 38.3. The van der Waals surface area contributed by atoms with E-state index < -0.39 is 59.8 Å². The van der Waals surface area contributed by atoms with E-state index in [1.54, 1.807) is 0 Å². The van der Waals surface area contributed by atoms with Crippen LogP contribution in [0, 0.1) is 0 Å². The number of carbonyl (C=O) groups is 1. The molecule has 6 atom stereocenters. The van der Waals surface area contributed by atoms with Crippen LogP contribution in [0.4, 0.5) is 0 Å². The van der Waals surface area contributed by atoms with Gasteiger partial charge in [0, 0.05) is 13.0 Å². The fraction of sp³-hybridized carbons (Fsp3) is 0.923. The number of unbranched alkanes of at least 4 members (excludes halogenated alkanes) is 20. The van der Waals surface area contributed by atoms with Gasteiger partial charge >= 0.3 is 16.4 Å². The second-order valence-corrected chi connectivity index (χ2v) is 15.3. The molecule has 0 spiro atoms. The number of aliphatic hydroxyl groups is 3. The molecule has 1 heterocycles. The van der Waals surface area contributed by atoms with E-state index in [1.807, 2.05) is 0 Å². The van der Waals surface area contributed by atoms with E-state index in [4.69, 9.17) is 23.5 Å². The lowest BCUT2D eigenvalue weighted by Crippen LogP contribution is -2.60. The summed E-state index contributed by atoms with van der Waals surface area (Å²) in [5.41, 5.74) is 0. The predicted molar refractivity (Wildman–Crippen MR) is 202 cm³/mol. The molecule has 0 saturated carbocycles. The molecule has 12 nitrogen and oxygen atoms in total. The highest BCUT2D eigenvalue weighted by atomic mass is 32.3. The molecule has 6 unspecified atom stereocenters. The fourth-order valence-corrected chi connectivity index (χ4v) is 6.75. The minimum atomic E-state index is -5.05. The van der Waals surface area contributed by atoms with E-state index in [1.165, 1.54) is 96.3 Å². The van der Waals surface area contributed by atoms with Crippen molar-refractivity contribution in [2.75, 3.05) is 26.4 Å². The van der Waals surface area contributed by atoms with Crippen molar-refractivity contribution in [2.45, 2.75) is 205 Å². The highest BCUT2D eigenvalue weighted by Crippen LogP contribution is 2.26. The van der Waals surface area contributed by atoms with Gasteiger partial charge in [0.25, 0.3) is 0 Å². The number of hydrogen-bond donors (Lipinski definition) is 4. The lowest BCUT2D eigenvalue weighted by molar-refractivity contribution is -0.301. The Kier molecular flexibility index (Phi) is 30.2. The van der Waals surface area contributed by atoms with Crippen molar-refractivity contribution in [3.05, 3.63) is 12.2 Å². The van der Waals surface area contributed by atoms with Crippen LogP contribution in [-0.4, -0.2) is 97.5 Å². The third kappa shape index (κ3) is 25.8. The van der Waals surface area contributed by atoms with Crippen molar-refractivity contribution in [3.8, 4) is 0 Å². The summed E-state index contributed by atoms with van der Waals surface area (Å²) in [4.78, 5) is 12.8. The molecule has 0 aliphatic carbocycles. The van der Waals surface area contributed by atoms with Crippen LogP contribution < -0.4 is 0 Å². The Morgan fingerprint density at radius 3 is 1.79 bits per heavy atom. The molecule has 0 bridgehead atoms. The molecule has 1 aliphatic heterocycles. The number of aliphatic hydroxyl groups excluding tert-OH is 3. The summed E-state index contributed by atoms with van der Waals surface area (Å²) in [6.45, 7) is 3.93. The summed E-state index contributed by atoms with van der Waals surface area (Å²) in [7, 11) is -5.05. The van der Waals surface area contributed by atoms with Crippen molar-refractivity contribution >= 4 is 16.4 Å². The first-order chi connectivity index (χ1) is 25.1. The quantitative estimate of drug-likeness (QED) is 0.0216. The zero-order valence-electron chi connectivity index (χ0n) is 32.4. The smallest absolute Gasteiger partial charge is 0.397 e. The van der Waals surface area contributed by atoms with Crippen molar-refractivity contribution in [1.29, 1.82) is 0 Å². The monoisotopic (exact) mass is 766 g/mol. The third-order valence-electron chi connectivity index (χ3n) is 9.39. The van der Waals surface area contributed by atoms with Gasteiger partial charge in [-0.05, 0) is 32.1 Å². The van der Waals surface area contributed by atoms with Crippen LogP contribution in [0.15, 0.2) is 12.2 Å². The third-order valence-corrected chi connectivity index (χ3v) is 9.85. The highest BCUT2D eigenvalue weighted by Gasteiger charge is 2.48. The summed E-state index contributed by atoms with van der Waals surface area (Å²) >= 11 is 0. The van der Waals surface area contributed by atoms with E-state index in [2.05, 4.69) is 30.2 Å². The Labute approximate surface area is 315 Å². The zero-order valence-corrected chi connectivity index (χ0v) is 33.2. The van der Waals surface area contributed by atoms with Gasteiger partial charge in [0.1, 0.15) is 30.5 Å². The Balaban J connectivity index is 2.48. The van der Waals surface area contributed by atoms with E-state index in [9.17, 15) is 28.5 Å². The second-order valence-electron chi connectivity index (χ2n) is 14.2. The summed E-state index contributed by atoms with van der Waals surface area (Å²) in [5, 5.41) is 30.5. The van der Waals surface area contributed by atoms with E-state index >= 15 is 0 Å². The summed E-state index contributed by atoms with van der Waals surface area (Å²) in [6, 6.07) is 0. The lowest BCUT2D eigenvalue weighted by atomic mass is 9.99. The van der Waals surface area contributed by atoms with Crippen LogP contribution in [0.5, 0.6) is 0 Å². The molecule has 1 rings (SSSR count). The molecule has 1 fully saturated rings. The van der Waals surface area contributed by atoms with Crippen LogP contribution in [-0.2, 0) is 38.3 Å². The Morgan fingerprint density at radius 1 is 0.712 bits per heavy atom. The molecule has 0 radical (unpaired) electrons. The first kappa shape index (κ1) is 48.9. The molecule has 1 saturated heterocycles. The van der Waals surface area contributed by atoms with Gasteiger partial charge < -0.3 is 34.3 Å². The van der Waals surface area contributed by atoms with Crippen molar-refractivity contribution < 1.29 is 56.2 Å². The molecular weight excluding hydrogens is 692 g/mol. The molecule has 4 N–H and O–H groups in total. The first-order valence-corrected chi connectivity index (χ1v) is 21.8. The van der Waals surface area contributed by atoms with Crippen LogP contribution in [0.3, 0.4) is 0 Å². The summed E-state index contributed by atoms with van der Waals surface area (Å²) in [5.74, 6) is -0.401. The van der Waals surface area contributed by atoms with Gasteiger partial charge in [0.05, 0.1) is 19.8 Å². The van der Waals surface area contributed by atoms with Crippen molar-refractivity contribution in [3.63, 3.8) is 0 Å². The van der Waals surface area contributed by atoms with E-state index in [0.29, 0.717) is 13.0 Å². The Bertz CT molecular complexity index is 978. The van der Waals surface area contributed by atoms with Gasteiger partial charge in [-0.2, -0.15) is 8.42 Å². The Hall–Kier alpha value is -1.16. The molecule has 13 heteroatoms. The average molecular weight is 767 g/mol. The molecule has 1 aliphatic rings. The minimum Gasteiger partial charge on any atom is -0.457 e. The SMILES string of the molecule is CCCC/C=C\CCCCCCCCOCC(COC1OC(CO)C(O)C(OS(=O)(=O)O)C1O)OC(=O)CCCCCCCCCCCCCCC. The number of hydrogen-bond acceptors (Lipinski definition) is 11. The maximum absolute atomic E-state index is 12.8. The van der Waals surface area contributed by atoms with Crippen LogP contribution >= 0.6 is 0 Å². The number of ether oxygens (including phenoxy) is 4. The van der Waals surface area contributed by atoms with Crippen LogP contribution in [0.1, 0.15) is 168 Å². The van der Waals surface area contributed by atoms with Gasteiger partial charge in [0.2, 0.25) is 0 Å². The molecule has 0 aromatic rings. The Morgan fingerprint density at radius 2 is 1.23 bits per heavy atom. The molecular formula is C39H74O12S. The summed E-state index contributed by atoms with van der Waals surface area (Å²) in [6.07, 6.45) is 22.5. The molecule has 0 aromatic carbocycles. The van der Waals surface area contributed by atoms with Gasteiger partial charge in [-0.1, -0.05) is 142 Å². The lowest BCUT2D eigenvalue weighted by Gasteiger charge is -2.41. The standard InChI is InChI=1S/C39H74O12S/c1-3-5-7-9-11-13-15-17-18-20-22-24-26-28-35(41)49-33(31-47-29-27-25-23-21-19-16-14-12-10-8-6-4-2)32-48-39-37(43)38(51-52(44,45)46)36(42)34(30-40)50-39/h10,12,33-34,36-40,42-43H,3-9,11,13-32H2,1-2H3,(H,44,45,46)/b12-10-. The van der Waals surface area contributed by atoms with Gasteiger partial charge in [0.15, 0.2) is 6.29 Å². The average Bonchev–Trinajstić information content (AvgIpc) is 3.11. The number of rotatable bonds is 35. The van der Waals surface area contributed by atoms with Crippen LogP contribution in [0.25, 0.3) is 0 Å². The molecule has 0 amide bonds. The molecule has 308 valence electrons. The van der Waals surface area contributed by atoms with Gasteiger partial charge in [-0.3, -0.25) is 9.35 Å². The van der Waals surface area contributed by atoms with E-state index in [0.717, 1.165) is 44.9 Å². The van der Waals surface area contributed by atoms with Crippen LogP contribution in [0.2, 0.25) is 0 Å². The minimum absolute atomic E-state index is 0.0362. The normalized spacial score (nSPS) is 21.5. The number of esters is 1. The van der Waals surface area contributed by atoms with Gasteiger partial charge in [-0.25, -0.2) is 4.18 Å². The number of carbonyl (C=O) groups excluding carboxylic acids is 1. The van der Waals surface area contributed by atoms with Crippen molar-refractivity contribution in [1.82, 2.24) is 0 Å². The maximum Gasteiger partial charge on any atom is 0.397 e. The molecule has 0 aromatic heterocycles. The topological polar surface area (TPSA) is 178 Å². The summed E-state index contributed by atoms with van der Waals surface area (Å²) < 4.78 is 58.8. The first-order valence-electron chi connectivity index (χ1n) is 20.4. The predicted octanol–water partition coefficient (Wildman–Crippen LogP) is 7.52. The van der Waals surface area contributed by atoms with E-state index in [-0.39, 0.29) is 19.6 Å². The van der Waals surface area contributed by atoms with Crippen molar-refractivity contribution in [2.24, 2.45) is 0 Å². The largest absolute Gasteiger partial charge is 0.457 e. The highest BCUT2D eigenvalue weighted by molar-refractivity contribution is 7.80.